The molecule has 0 aliphatic heterocycles. The molecule has 0 saturated carbocycles. The summed E-state index contributed by atoms with van der Waals surface area (Å²) >= 11 is 0. The maximum atomic E-state index is 12.4. The topological polar surface area (TPSA) is 84.7 Å². The third kappa shape index (κ3) is 3.67. The van der Waals surface area contributed by atoms with Gasteiger partial charge in [-0.25, -0.2) is 9.78 Å². The highest BCUT2D eigenvalue weighted by Gasteiger charge is 2.17. The molecular formula is C20H27N5O2. The fraction of sp³-hybridized carbons (Fsp3) is 0.450. The lowest BCUT2D eigenvalue weighted by Gasteiger charge is -2.11. The van der Waals surface area contributed by atoms with Gasteiger partial charge in [0.1, 0.15) is 5.82 Å². The molecule has 0 atom stereocenters. The van der Waals surface area contributed by atoms with Gasteiger partial charge in [-0.1, -0.05) is 25.5 Å². The van der Waals surface area contributed by atoms with E-state index in [0.29, 0.717) is 30.8 Å². The van der Waals surface area contributed by atoms with Crippen LogP contribution in [-0.4, -0.2) is 19.1 Å². The molecule has 0 aliphatic rings. The number of nitrogens with zero attached hydrogens (tertiary/aromatic N) is 3. The lowest BCUT2D eigenvalue weighted by atomic mass is 10.1. The van der Waals surface area contributed by atoms with Crippen LogP contribution in [0.15, 0.2) is 27.8 Å². The molecule has 0 bridgehead atoms. The normalized spacial score (nSPS) is 11.3. The van der Waals surface area contributed by atoms with E-state index < -0.39 is 5.69 Å². The first-order chi connectivity index (χ1) is 13.0. The first-order valence-corrected chi connectivity index (χ1v) is 9.49. The Kier molecular flexibility index (Phi) is 5.48. The van der Waals surface area contributed by atoms with Crippen molar-refractivity contribution in [3.63, 3.8) is 0 Å². The first-order valence-electron chi connectivity index (χ1n) is 9.49. The number of nitrogens with one attached hydrogen (secondary N) is 2. The van der Waals surface area contributed by atoms with Crippen molar-refractivity contribution in [1.82, 2.24) is 19.1 Å². The zero-order valence-corrected chi connectivity index (χ0v) is 16.4. The van der Waals surface area contributed by atoms with E-state index in [0.717, 1.165) is 29.9 Å². The smallest absolute Gasteiger partial charge is 0.330 e. The summed E-state index contributed by atoms with van der Waals surface area (Å²) in [6.45, 7) is 9.79. The average Bonchev–Trinajstić information content (AvgIpc) is 3.01. The van der Waals surface area contributed by atoms with Crippen LogP contribution in [0.1, 0.15) is 43.6 Å². The molecule has 7 nitrogen and oxygen atoms in total. The van der Waals surface area contributed by atoms with Crippen molar-refractivity contribution in [3.8, 4) is 0 Å². The van der Waals surface area contributed by atoms with Crippen LogP contribution in [0.5, 0.6) is 0 Å². The molecule has 0 saturated heterocycles. The highest BCUT2D eigenvalue weighted by atomic mass is 16.2. The van der Waals surface area contributed by atoms with Crippen LogP contribution in [0.25, 0.3) is 11.2 Å². The molecule has 3 aromatic rings. The van der Waals surface area contributed by atoms with Gasteiger partial charge in [-0.3, -0.25) is 14.3 Å². The van der Waals surface area contributed by atoms with Crippen LogP contribution in [0.3, 0.4) is 0 Å². The van der Waals surface area contributed by atoms with Crippen LogP contribution < -0.4 is 16.6 Å². The number of unbranched alkanes of at least 4 members (excludes halogenated alkanes) is 1. The number of rotatable bonds is 7. The van der Waals surface area contributed by atoms with Crippen molar-refractivity contribution in [2.24, 2.45) is 0 Å². The largest absolute Gasteiger partial charge is 0.378 e. The molecular weight excluding hydrogens is 342 g/mol. The van der Waals surface area contributed by atoms with Crippen molar-refractivity contribution in [1.29, 1.82) is 0 Å². The van der Waals surface area contributed by atoms with Gasteiger partial charge < -0.3 is 9.88 Å². The van der Waals surface area contributed by atoms with Gasteiger partial charge in [-0.2, -0.15) is 0 Å². The highest BCUT2D eigenvalue weighted by molar-refractivity contribution is 5.71. The van der Waals surface area contributed by atoms with Gasteiger partial charge in [0.2, 0.25) is 0 Å². The summed E-state index contributed by atoms with van der Waals surface area (Å²) in [5.74, 6) is 0.745. The van der Waals surface area contributed by atoms with Crippen LogP contribution in [0.4, 0.5) is 5.69 Å². The predicted molar refractivity (Wildman–Crippen MR) is 108 cm³/mol. The minimum Gasteiger partial charge on any atom is -0.378 e. The first kappa shape index (κ1) is 18.9. The highest BCUT2D eigenvalue weighted by Crippen LogP contribution is 2.18. The summed E-state index contributed by atoms with van der Waals surface area (Å²) in [5, 5.41) is 3.42. The van der Waals surface area contributed by atoms with Gasteiger partial charge in [0.25, 0.3) is 5.56 Å². The summed E-state index contributed by atoms with van der Waals surface area (Å²) in [4.78, 5) is 31.8. The number of hydrogen-bond acceptors (Lipinski definition) is 4. The van der Waals surface area contributed by atoms with E-state index in [9.17, 15) is 9.59 Å². The Hall–Kier alpha value is -2.83. The predicted octanol–water partition coefficient (Wildman–Crippen LogP) is 2.94. The number of aromatic nitrogens is 4. The van der Waals surface area contributed by atoms with Gasteiger partial charge >= 0.3 is 5.69 Å². The van der Waals surface area contributed by atoms with Crippen molar-refractivity contribution >= 4 is 16.9 Å². The second kappa shape index (κ2) is 7.82. The zero-order valence-electron chi connectivity index (χ0n) is 16.4. The number of anilines is 1. The number of imidazole rings is 1. The average molecular weight is 369 g/mol. The van der Waals surface area contributed by atoms with Crippen LogP contribution in [0.2, 0.25) is 0 Å². The van der Waals surface area contributed by atoms with E-state index in [1.165, 1.54) is 5.56 Å². The molecule has 0 radical (unpaired) electrons. The second-order valence-corrected chi connectivity index (χ2v) is 6.88. The van der Waals surface area contributed by atoms with Gasteiger partial charge in [0, 0.05) is 18.8 Å². The van der Waals surface area contributed by atoms with Crippen LogP contribution >= 0.6 is 0 Å². The minimum absolute atomic E-state index is 0.380. The Labute approximate surface area is 158 Å². The van der Waals surface area contributed by atoms with Gasteiger partial charge in [0.05, 0.1) is 6.54 Å². The Bertz CT molecular complexity index is 1070. The Morgan fingerprint density at radius 3 is 2.63 bits per heavy atom. The summed E-state index contributed by atoms with van der Waals surface area (Å²) in [7, 11) is 0. The summed E-state index contributed by atoms with van der Waals surface area (Å²) in [5.41, 5.74) is 3.53. The van der Waals surface area contributed by atoms with Crippen molar-refractivity contribution in [2.75, 3.05) is 5.32 Å². The number of hydrogen-bond donors (Lipinski definition) is 2. The third-order valence-electron chi connectivity index (χ3n) is 4.85. The molecule has 3 rings (SSSR count). The fourth-order valence-electron chi connectivity index (χ4n) is 3.32. The lowest BCUT2D eigenvalue weighted by molar-refractivity contribution is 0.613. The van der Waals surface area contributed by atoms with Crippen LogP contribution in [0, 0.1) is 13.8 Å². The molecule has 0 unspecified atom stereocenters. The molecule has 0 aliphatic carbocycles. The molecule has 0 amide bonds. The maximum Gasteiger partial charge on any atom is 0.330 e. The molecule has 2 heterocycles. The quantitative estimate of drug-likeness (QED) is 0.671. The Morgan fingerprint density at radius 2 is 1.93 bits per heavy atom. The zero-order chi connectivity index (χ0) is 19.6. The summed E-state index contributed by atoms with van der Waals surface area (Å²) in [6.07, 6.45) is 1.82. The summed E-state index contributed by atoms with van der Waals surface area (Å²) in [6, 6.07) is 6.25. The molecule has 27 heavy (non-hydrogen) atoms. The standard InChI is InChI=1S/C20H27N5O2/c1-5-7-10-25-18-17(19(26)23-20(25)27)24(6-2)16(22-18)12-21-15-11-13(3)8-9-14(15)4/h8-9,11,21H,5-7,10,12H2,1-4H3,(H,23,26,27). The van der Waals surface area contributed by atoms with Crippen molar-refractivity contribution < 1.29 is 0 Å². The minimum atomic E-state index is -0.393. The number of benzene rings is 1. The molecule has 7 heteroatoms. The number of aryl methyl sites for hydroxylation is 4. The van der Waals surface area contributed by atoms with Gasteiger partial charge in [-0.15, -0.1) is 0 Å². The van der Waals surface area contributed by atoms with Gasteiger partial charge in [-0.05, 0) is 44.4 Å². The van der Waals surface area contributed by atoms with E-state index in [4.69, 9.17) is 0 Å². The van der Waals surface area contributed by atoms with Crippen LogP contribution in [-0.2, 0) is 19.6 Å². The fourth-order valence-corrected chi connectivity index (χ4v) is 3.32. The van der Waals surface area contributed by atoms with E-state index in [2.05, 4.69) is 54.3 Å². The molecule has 2 aromatic heterocycles. The Morgan fingerprint density at radius 1 is 1.15 bits per heavy atom. The van der Waals surface area contributed by atoms with Crippen molar-refractivity contribution in [3.05, 3.63) is 56.0 Å². The maximum absolute atomic E-state index is 12.4. The molecule has 0 fully saturated rings. The lowest BCUT2D eigenvalue weighted by Crippen LogP contribution is -2.31. The Balaban J connectivity index is 2.05. The van der Waals surface area contributed by atoms with E-state index in [1.807, 2.05) is 11.5 Å². The molecule has 0 spiro atoms. The number of H-pyrrole nitrogens is 1. The van der Waals surface area contributed by atoms with E-state index in [-0.39, 0.29) is 5.56 Å². The molecule has 144 valence electrons. The number of aromatic amines is 1. The second-order valence-electron chi connectivity index (χ2n) is 6.88. The third-order valence-corrected chi connectivity index (χ3v) is 4.85. The van der Waals surface area contributed by atoms with Crippen molar-refractivity contribution in [2.45, 2.75) is 60.2 Å². The van der Waals surface area contributed by atoms with E-state index >= 15 is 0 Å². The number of fused-ring (bicyclic) bond motifs is 1. The monoisotopic (exact) mass is 369 g/mol. The molecule has 2 N–H and O–H groups in total. The summed E-state index contributed by atoms with van der Waals surface area (Å²) < 4.78 is 3.46. The van der Waals surface area contributed by atoms with E-state index in [1.54, 1.807) is 4.57 Å². The SMILES string of the molecule is CCCCn1c(=O)[nH]c(=O)c2c1nc(CNc1cc(C)ccc1C)n2CC. The molecule has 1 aromatic carbocycles. The van der Waals surface area contributed by atoms with Gasteiger partial charge in [0.15, 0.2) is 11.2 Å².